The van der Waals surface area contributed by atoms with E-state index < -0.39 is 35.4 Å². The van der Waals surface area contributed by atoms with Crippen LogP contribution in [0.25, 0.3) is 0 Å². The van der Waals surface area contributed by atoms with Crippen molar-refractivity contribution in [3.8, 4) is 0 Å². The molecule has 0 aliphatic carbocycles. The van der Waals surface area contributed by atoms with Gasteiger partial charge in [0.2, 0.25) is 5.56 Å². The summed E-state index contributed by atoms with van der Waals surface area (Å²) in [6.07, 6.45) is -4.21. The molecule has 0 saturated carbocycles. The van der Waals surface area contributed by atoms with Crippen LogP contribution >= 0.6 is 0 Å². The highest BCUT2D eigenvalue weighted by Gasteiger charge is 2.41. The van der Waals surface area contributed by atoms with E-state index >= 15 is 0 Å². The summed E-state index contributed by atoms with van der Waals surface area (Å²) in [7, 11) is 0. The molecule has 3 rings (SSSR count). The minimum Gasteiger partial charge on any atom is -0.391 e. The first kappa shape index (κ1) is 17.2. The Hall–Kier alpha value is -2.61. The van der Waals surface area contributed by atoms with Gasteiger partial charge in [0, 0.05) is 24.4 Å². The van der Waals surface area contributed by atoms with Gasteiger partial charge in [-0.05, 0) is 24.1 Å². The van der Waals surface area contributed by atoms with E-state index in [4.69, 9.17) is 0 Å². The number of nitrogens with one attached hydrogen (secondary N) is 1. The van der Waals surface area contributed by atoms with Gasteiger partial charge in [-0.3, -0.25) is 9.59 Å². The molecule has 1 aromatic heterocycles. The van der Waals surface area contributed by atoms with Crippen LogP contribution in [0.1, 0.15) is 33.9 Å². The van der Waals surface area contributed by atoms with Crippen LogP contribution in [0.4, 0.5) is 13.2 Å². The average molecular weight is 352 g/mol. The molecule has 1 fully saturated rings. The molecule has 0 radical (unpaired) electrons. The van der Waals surface area contributed by atoms with Crippen LogP contribution in [0.3, 0.4) is 0 Å². The molecule has 2 N–H and O–H groups in total. The molecule has 8 heteroatoms. The topological polar surface area (TPSA) is 73.4 Å². The molecule has 1 saturated heterocycles. The number of hydrogen-bond acceptors (Lipinski definition) is 3. The number of rotatable bonds is 2. The van der Waals surface area contributed by atoms with Crippen LogP contribution in [-0.2, 0) is 6.18 Å². The van der Waals surface area contributed by atoms with E-state index in [2.05, 4.69) is 4.98 Å². The van der Waals surface area contributed by atoms with Crippen LogP contribution in [0.2, 0.25) is 0 Å². The Labute approximate surface area is 140 Å². The first-order valence-electron chi connectivity index (χ1n) is 7.61. The number of likely N-dealkylation sites (tertiary alicyclic amines) is 1. The summed E-state index contributed by atoms with van der Waals surface area (Å²) in [5.74, 6) is -0.593. The Bertz CT molecular complexity index is 847. The van der Waals surface area contributed by atoms with Gasteiger partial charge in [-0.25, -0.2) is 0 Å². The summed E-state index contributed by atoms with van der Waals surface area (Å²) < 4.78 is 39.9. The Morgan fingerprint density at radius 3 is 2.64 bits per heavy atom. The van der Waals surface area contributed by atoms with Gasteiger partial charge in [-0.1, -0.05) is 18.2 Å². The quantitative estimate of drug-likeness (QED) is 0.871. The molecule has 1 aliphatic rings. The third-order valence-electron chi connectivity index (χ3n) is 4.19. The van der Waals surface area contributed by atoms with Gasteiger partial charge in [0.1, 0.15) is 0 Å². The monoisotopic (exact) mass is 352 g/mol. The summed E-state index contributed by atoms with van der Waals surface area (Å²) in [6.45, 7) is -0.0948. The summed E-state index contributed by atoms with van der Waals surface area (Å²) in [4.78, 5) is 27.6. The number of carbonyl (C=O) groups excluding carboxylic acids is 1. The number of H-pyrrole nitrogens is 1. The molecule has 132 valence electrons. The van der Waals surface area contributed by atoms with E-state index in [0.29, 0.717) is 0 Å². The number of hydrogen-bond donors (Lipinski definition) is 2. The molecule has 2 atom stereocenters. The first-order valence-corrected chi connectivity index (χ1v) is 7.61. The molecule has 1 amide bonds. The molecule has 1 aliphatic heterocycles. The third kappa shape index (κ3) is 3.43. The number of alkyl halides is 3. The van der Waals surface area contributed by atoms with E-state index in [1.165, 1.54) is 35.4 Å². The molecule has 2 aromatic rings. The second-order valence-corrected chi connectivity index (χ2v) is 5.89. The lowest BCUT2D eigenvalue weighted by Crippen LogP contribution is -2.33. The average Bonchev–Trinajstić information content (AvgIpc) is 2.95. The fraction of sp³-hybridized carbons (Fsp3) is 0.294. The predicted octanol–water partition coefficient (Wildman–Crippen LogP) is 2.34. The van der Waals surface area contributed by atoms with Gasteiger partial charge in [0.15, 0.2) is 0 Å². The number of pyridine rings is 1. The van der Waals surface area contributed by atoms with Crippen molar-refractivity contribution in [1.82, 2.24) is 9.88 Å². The zero-order chi connectivity index (χ0) is 18.2. The van der Waals surface area contributed by atoms with Crippen molar-refractivity contribution in [3.05, 3.63) is 69.6 Å². The van der Waals surface area contributed by atoms with Crippen LogP contribution in [-0.4, -0.2) is 33.5 Å². The lowest BCUT2D eigenvalue weighted by atomic mass is 9.97. The molecule has 25 heavy (non-hydrogen) atoms. The highest BCUT2D eigenvalue weighted by atomic mass is 19.4. The van der Waals surface area contributed by atoms with Gasteiger partial charge in [0.05, 0.1) is 17.7 Å². The van der Waals surface area contributed by atoms with Crippen LogP contribution < -0.4 is 5.56 Å². The smallest absolute Gasteiger partial charge is 0.391 e. The van der Waals surface area contributed by atoms with Gasteiger partial charge in [0.25, 0.3) is 5.91 Å². The lowest BCUT2D eigenvalue weighted by Gasteiger charge is -2.27. The van der Waals surface area contributed by atoms with Crippen LogP contribution in [0.5, 0.6) is 0 Å². The van der Waals surface area contributed by atoms with E-state index in [9.17, 15) is 27.9 Å². The van der Waals surface area contributed by atoms with E-state index in [1.54, 1.807) is 0 Å². The molecular weight excluding hydrogens is 337 g/mol. The summed E-state index contributed by atoms with van der Waals surface area (Å²) in [6, 6.07) is 6.55. The minimum absolute atomic E-state index is 0.00201. The number of β-amino-alcohol motifs (C(OH)–C–C–N with tert-alkyl or cyclic N) is 1. The Morgan fingerprint density at radius 1 is 1.24 bits per heavy atom. The number of aromatic amines is 1. The van der Waals surface area contributed by atoms with Gasteiger partial charge in [-0.15, -0.1) is 0 Å². The molecule has 0 bridgehead atoms. The second kappa shape index (κ2) is 6.36. The molecular formula is C17H15F3N2O3. The van der Waals surface area contributed by atoms with Gasteiger partial charge >= 0.3 is 6.18 Å². The van der Waals surface area contributed by atoms with Crippen molar-refractivity contribution in [2.24, 2.45) is 0 Å². The summed E-state index contributed by atoms with van der Waals surface area (Å²) >= 11 is 0. The molecule has 1 aromatic carbocycles. The highest BCUT2D eigenvalue weighted by Crippen LogP contribution is 2.40. The number of halogens is 3. The zero-order valence-electron chi connectivity index (χ0n) is 13.0. The summed E-state index contributed by atoms with van der Waals surface area (Å²) in [5, 5.41) is 9.93. The SMILES string of the molecule is O=C(c1cc[nH]c(=O)c1)N1C[C@@H](O)C[C@H]1c1ccccc1C(F)(F)F. The second-order valence-electron chi connectivity index (χ2n) is 5.89. The van der Waals surface area contributed by atoms with E-state index in [1.807, 2.05) is 0 Å². The number of aliphatic hydroxyl groups is 1. The van der Waals surface area contributed by atoms with Crippen molar-refractivity contribution in [2.45, 2.75) is 24.7 Å². The highest BCUT2D eigenvalue weighted by molar-refractivity contribution is 5.94. The van der Waals surface area contributed by atoms with E-state index in [-0.39, 0.29) is 24.1 Å². The largest absolute Gasteiger partial charge is 0.416 e. The number of carbonyl (C=O) groups is 1. The van der Waals surface area contributed by atoms with Gasteiger partial charge in [-0.2, -0.15) is 13.2 Å². The van der Waals surface area contributed by atoms with Crippen LogP contribution in [0.15, 0.2) is 47.4 Å². The van der Waals surface area contributed by atoms with Crippen LogP contribution in [0, 0.1) is 0 Å². The lowest BCUT2D eigenvalue weighted by molar-refractivity contribution is -0.138. The van der Waals surface area contributed by atoms with Crippen molar-refractivity contribution < 1.29 is 23.1 Å². The Kier molecular flexibility index (Phi) is 4.38. The molecule has 2 heterocycles. The maximum atomic E-state index is 13.3. The fourth-order valence-electron chi connectivity index (χ4n) is 3.12. The van der Waals surface area contributed by atoms with Crippen molar-refractivity contribution in [2.75, 3.05) is 6.54 Å². The number of amides is 1. The summed E-state index contributed by atoms with van der Waals surface area (Å²) in [5.41, 5.74) is -1.33. The normalized spacial score (nSPS) is 20.7. The minimum atomic E-state index is -4.57. The number of benzene rings is 1. The third-order valence-corrected chi connectivity index (χ3v) is 4.19. The molecule has 0 spiro atoms. The fourth-order valence-corrected chi connectivity index (χ4v) is 3.12. The van der Waals surface area contributed by atoms with Crippen molar-refractivity contribution in [1.29, 1.82) is 0 Å². The predicted molar refractivity (Wildman–Crippen MR) is 82.9 cm³/mol. The van der Waals surface area contributed by atoms with Crippen molar-refractivity contribution in [3.63, 3.8) is 0 Å². The maximum Gasteiger partial charge on any atom is 0.416 e. The molecule has 0 unspecified atom stereocenters. The number of aliphatic hydroxyl groups excluding tert-OH is 1. The zero-order valence-corrected chi connectivity index (χ0v) is 13.0. The standard InChI is InChI=1S/C17H15F3N2O3/c18-17(19,20)13-4-2-1-3-12(13)14-8-11(23)9-22(14)16(25)10-5-6-21-15(24)7-10/h1-7,11,14,23H,8-9H2,(H,21,24)/t11-,14-/m0/s1. The Morgan fingerprint density at radius 2 is 1.96 bits per heavy atom. The number of nitrogens with zero attached hydrogens (tertiary/aromatic N) is 1. The first-order chi connectivity index (χ1) is 11.8. The Balaban J connectivity index is 2.01. The van der Waals surface area contributed by atoms with E-state index in [0.717, 1.165) is 12.1 Å². The van der Waals surface area contributed by atoms with Crippen molar-refractivity contribution >= 4 is 5.91 Å². The number of aromatic nitrogens is 1. The maximum absolute atomic E-state index is 13.3. The molecule has 5 nitrogen and oxygen atoms in total. The van der Waals surface area contributed by atoms with Gasteiger partial charge < -0.3 is 15.0 Å².